The third kappa shape index (κ3) is 0.626. The number of hydrogen-bond acceptors (Lipinski definition) is 2. The molecule has 2 aliphatic heterocycles. The van der Waals surface area contributed by atoms with E-state index in [2.05, 4.69) is 17.2 Å². The molecule has 1 saturated heterocycles. The van der Waals surface area contributed by atoms with Gasteiger partial charge in [0, 0.05) is 6.54 Å². The lowest BCUT2D eigenvalue weighted by Gasteiger charge is -2.30. The third-order valence-electron chi connectivity index (χ3n) is 2.73. The number of hydrogen-bond donors (Lipinski definition) is 1. The minimum Gasteiger partial charge on any atom is -0.394 e. The summed E-state index contributed by atoms with van der Waals surface area (Å²) in [5.74, 6) is 0. The summed E-state index contributed by atoms with van der Waals surface area (Å²) in [4.78, 5) is 2.28. The number of rotatable bonds is 1. The van der Waals surface area contributed by atoms with Crippen LogP contribution in [0.4, 0.5) is 0 Å². The van der Waals surface area contributed by atoms with E-state index in [4.69, 9.17) is 5.11 Å². The van der Waals surface area contributed by atoms with Crippen LogP contribution in [0.15, 0.2) is 12.3 Å². The molecule has 2 heterocycles. The third-order valence-corrected chi connectivity index (χ3v) is 2.73. The maximum atomic E-state index is 9.15. The molecule has 0 aromatic heterocycles. The van der Waals surface area contributed by atoms with Gasteiger partial charge in [0.15, 0.2) is 0 Å². The van der Waals surface area contributed by atoms with E-state index < -0.39 is 0 Å². The van der Waals surface area contributed by atoms with Gasteiger partial charge in [0.2, 0.25) is 0 Å². The van der Waals surface area contributed by atoms with Crippen molar-refractivity contribution < 1.29 is 5.11 Å². The van der Waals surface area contributed by atoms with Gasteiger partial charge in [0.1, 0.15) is 0 Å². The summed E-state index contributed by atoms with van der Waals surface area (Å²) >= 11 is 0. The van der Waals surface area contributed by atoms with E-state index in [0.29, 0.717) is 6.61 Å². The van der Waals surface area contributed by atoms with Crippen LogP contribution in [-0.4, -0.2) is 28.7 Å². The zero-order chi connectivity index (χ0) is 7.03. The minimum atomic E-state index is 0.125. The molecular formula is C8H13NO. The number of fused-ring (bicyclic) bond motifs is 1. The highest BCUT2D eigenvalue weighted by Gasteiger charge is 2.40. The SMILES string of the molecule is OCC12CC=CN1CCC2. The molecule has 2 aliphatic rings. The second-order valence-electron chi connectivity index (χ2n) is 3.27. The van der Waals surface area contributed by atoms with Crippen LogP contribution in [0.2, 0.25) is 0 Å². The predicted octanol–water partition coefficient (Wildman–Crippen LogP) is 0.731. The van der Waals surface area contributed by atoms with Crippen LogP contribution < -0.4 is 0 Å². The van der Waals surface area contributed by atoms with Crippen molar-refractivity contribution in [2.24, 2.45) is 0 Å². The molecule has 0 radical (unpaired) electrons. The Hall–Kier alpha value is -0.500. The highest BCUT2D eigenvalue weighted by Crippen LogP contribution is 2.36. The molecule has 1 unspecified atom stereocenters. The van der Waals surface area contributed by atoms with Crippen molar-refractivity contribution in [3.8, 4) is 0 Å². The van der Waals surface area contributed by atoms with Crippen molar-refractivity contribution in [1.29, 1.82) is 0 Å². The van der Waals surface area contributed by atoms with Gasteiger partial charge in [-0.05, 0) is 25.5 Å². The summed E-state index contributed by atoms with van der Waals surface area (Å²) in [7, 11) is 0. The van der Waals surface area contributed by atoms with Gasteiger partial charge >= 0.3 is 0 Å². The van der Waals surface area contributed by atoms with Crippen molar-refractivity contribution in [2.45, 2.75) is 24.8 Å². The zero-order valence-corrected chi connectivity index (χ0v) is 6.08. The molecule has 1 N–H and O–H groups in total. The standard InChI is InChI=1S/C8H13NO/c10-7-8-3-1-5-9(8)6-2-4-8/h1,5,10H,2-4,6-7H2. The summed E-state index contributed by atoms with van der Waals surface area (Å²) in [6, 6.07) is 0. The quantitative estimate of drug-likeness (QED) is 0.579. The first kappa shape index (κ1) is 6.23. The smallest absolute Gasteiger partial charge is 0.0666 e. The van der Waals surface area contributed by atoms with E-state index in [1.807, 2.05) is 0 Å². The Bertz CT molecular complexity index is 167. The van der Waals surface area contributed by atoms with E-state index in [9.17, 15) is 0 Å². The molecular weight excluding hydrogens is 126 g/mol. The van der Waals surface area contributed by atoms with Crippen LogP contribution in [0, 0.1) is 0 Å². The Balaban J connectivity index is 2.20. The van der Waals surface area contributed by atoms with Gasteiger partial charge in [0.25, 0.3) is 0 Å². The van der Waals surface area contributed by atoms with Gasteiger partial charge in [-0.1, -0.05) is 6.08 Å². The van der Waals surface area contributed by atoms with Crippen LogP contribution in [0.25, 0.3) is 0 Å². The number of aliphatic hydroxyl groups is 1. The molecule has 56 valence electrons. The Labute approximate surface area is 61.1 Å². The van der Waals surface area contributed by atoms with E-state index in [0.717, 1.165) is 19.4 Å². The summed E-state index contributed by atoms with van der Waals surface area (Å²) in [5, 5.41) is 9.15. The first-order valence-electron chi connectivity index (χ1n) is 3.92. The fraction of sp³-hybridized carbons (Fsp3) is 0.750. The van der Waals surface area contributed by atoms with Crippen LogP contribution in [0.1, 0.15) is 19.3 Å². The highest BCUT2D eigenvalue weighted by atomic mass is 16.3. The monoisotopic (exact) mass is 139 g/mol. The summed E-state index contributed by atoms with van der Waals surface area (Å²) in [6.45, 7) is 1.46. The van der Waals surface area contributed by atoms with Gasteiger partial charge in [0.05, 0.1) is 12.1 Å². The molecule has 1 fully saturated rings. The fourth-order valence-electron chi connectivity index (χ4n) is 2.04. The van der Waals surface area contributed by atoms with E-state index in [1.54, 1.807) is 0 Å². The van der Waals surface area contributed by atoms with E-state index in [-0.39, 0.29) is 5.54 Å². The van der Waals surface area contributed by atoms with Crippen molar-refractivity contribution in [1.82, 2.24) is 4.90 Å². The minimum absolute atomic E-state index is 0.125. The van der Waals surface area contributed by atoms with Gasteiger partial charge < -0.3 is 10.0 Å². The van der Waals surface area contributed by atoms with Gasteiger partial charge in [-0.2, -0.15) is 0 Å². The van der Waals surface area contributed by atoms with E-state index >= 15 is 0 Å². The normalized spacial score (nSPS) is 37.1. The van der Waals surface area contributed by atoms with Crippen LogP contribution in [-0.2, 0) is 0 Å². The molecule has 0 spiro atoms. The van der Waals surface area contributed by atoms with Crippen molar-refractivity contribution >= 4 is 0 Å². The first-order chi connectivity index (χ1) is 4.87. The van der Waals surface area contributed by atoms with Crippen molar-refractivity contribution in [2.75, 3.05) is 13.2 Å². The zero-order valence-electron chi connectivity index (χ0n) is 6.08. The van der Waals surface area contributed by atoms with Crippen molar-refractivity contribution in [3.05, 3.63) is 12.3 Å². The van der Waals surface area contributed by atoms with Gasteiger partial charge in [-0.3, -0.25) is 0 Å². The summed E-state index contributed by atoms with van der Waals surface area (Å²) < 4.78 is 0. The molecule has 1 atom stereocenters. The molecule has 10 heavy (non-hydrogen) atoms. The molecule has 2 heteroatoms. The average Bonchev–Trinajstić information content (AvgIpc) is 2.42. The second kappa shape index (κ2) is 1.99. The second-order valence-corrected chi connectivity index (χ2v) is 3.27. The van der Waals surface area contributed by atoms with Gasteiger partial charge in [-0.15, -0.1) is 0 Å². The first-order valence-corrected chi connectivity index (χ1v) is 3.92. The molecule has 0 aromatic rings. The lowest BCUT2D eigenvalue weighted by molar-refractivity contribution is 0.114. The van der Waals surface area contributed by atoms with E-state index in [1.165, 1.54) is 6.42 Å². The maximum absolute atomic E-state index is 9.15. The topological polar surface area (TPSA) is 23.5 Å². The molecule has 0 saturated carbocycles. The largest absolute Gasteiger partial charge is 0.394 e. The summed E-state index contributed by atoms with van der Waals surface area (Å²) in [5.41, 5.74) is 0.125. The molecule has 0 aromatic carbocycles. The molecule has 2 nitrogen and oxygen atoms in total. The maximum Gasteiger partial charge on any atom is 0.0666 e. The lowest BCUT2D eigenvalue weighted by atomic mass is 9.96. The molecule has 0 aliphatic carbocycles. The predicted molar refractivity (Wildman–Crippen MR) is 39.5 cm³/mol. The van der Waals surface area contributed by atoms with Gasteiger partial charge in [-0.25, -0.2) is 0 Å². The van der Waals surface area contributed by atoms with Crippen LogP contribution in [0.3, 0.4) is 0 Å². The highest BCUT2D eigenvalue weighted by molar-refractivity contribution is 5.11. The molecule has 0 amide bonds. The molecule has 2 rings (SSSR count). The number of nitrogens with zero attached hydrogens (tertiary/aromatic N) is 1. The van der Waals surface area contributed by atoms with Crippen molar-refractivity contribution in [3.63, 3.8) is 0 Å². The Kier molecular flexibility index (Phi) is 1.24. The Morgan fingerprint density at radius 3 is 3.20 bits per heavy atom. The van der Waals surface area contributed by atoms with Crippen LogP contribution in [0.5, 0.6) is 0 Å². The Morgan fingerprint density at radius 1 is 1.60 bits per heavy atom. The Morgan fingerprint density at radius 2 is 2.50 bits per heavy atom. The fourth-order valence-corrected chi connectivity index (χ4v) is 2.04. The summed E-state index contributed by atoms with van der Waals surface area (Å²) in [6.07, 6.45) is 7.74. The average molecular weight is 139 g/mol. The van der Waals surface area contributed by atoms with Crippen LogP contribution >= 0.6 is 0 Å². The lowest BCUT2D eigenvalue weighted by Crippen LogP contribution is -2.40. The molecule has 0 bridgehead atoms. The number of aliphatic hydroxyl groups excluding tert-OH is 1.